The molecule has 0 atom stereocenters. The molecule has 1 saturated heterocycles. The quantitative estimate of drug-likeness (QED) is 0.778. The molecule has 1 N–H and O–H groups in total. The van der Waals surface area contributed by atoms with Crippen LogP contribution in [0.2, 0.25) is 0 Å². The van der Waals surface area contributed by atoms with E-state index in [1.807, 2.05) is 6.20 Å². The summed E-state index contributed by atoms with van der Waals surface area (Å²) in [5, 5.41) is 3.25. The lowest BCUT2D eigenvalue weighted by Gasteiger charge is -2.36. The van der Waals surface area contributed by atoms with Gasteiger partial charge in [0.2, 0.25) is 0 Å². The fourth-order valence-electron chi connectivity index (χ4n) is 3.74. The molecule has 0 aromatic heterocycles. The minimum Gasteiger partial charge on any atom is -0.391 e. The Kier molecular flexibility index (Phi) is 7.05. The predicted octanol–water partition coefficient (Wildman–Crippen LogP) is 3.42. The van der Waals surface area contributed by atoms with Gasteiger partial charge in [-0.1, -0.05) is 20.4 Å². The van der Waals surface area contributed by atoms with Gasteiger partial charge < -0.3 is 15.0 Å². The topological polar surface area (TPSA) is 24.5 Å². The number of nitrogens with one attached hydrogen (secondary N) is 1. The Hall–Kier alpha value is -0.540. The first kappa shape index (κ1) is 16.8. The Morgan fingerprint density at radius 1 is 1.10 bits per heavy atom. The minimum absolute atomic E-state index is 0.515. The maximum atomic E-state index is 6.37. The first-order valence-electron chi connectivity index (χ1n) is 8.89. The monoisotopic (exact) mass is 294 g/mol. The summed E-state index contributed by atoms with van der Waals surface area (Å²) in [5.41, 5.74) is 0. The zero-order valence-corrected chi connectivity index (χ0v) is 14.0. The second-order valence-electron chi connectivity index (χ2n) is 7.29. The van der Waals surface area contributed by atoms with Gasteiger partial charge in [-0.25, -0.2) is 0 Å². The summed E-state index contributed by atoms with van der Waals surface area (Å²) in [7, 11) is 0. The van der Waals surface area contributed by atoms with Crippen LogP contribution in [0.3, 0.4) is 0 Å². The minimum atomic E-state index is 0.515. The molecule has 0 aromatic rings. The van der Waals surface area contributed by atoms with Crippen LogP contribution in [0.5, 0.6) is 0 Å². The van der Waals surface area contributed by atoms with Crippen molar-refractivity contribution < 1.29 is 4.74 Å². The Bertz CT molecular complexity index is 290. The summed E-state index contributed by atoms with van der Waals surface area (Å²) in [6, 6.07) is 0. The van der Waals surface area contributed by atoms with Crippen LogP contribution < -0.4 is 5.32 Å². The number of nitrogens with zero attached hydrogens (tertiary/aromatic N) is 1. The van der Waals surface area contributed by atoms with Gasteiger partial charge in [0.1, 0.15) is 0 Å². The van der Waals surface area contributed by atoms with Crippen molar-refractivity contribution in [3.63, 3.8) is 0 Å². The van der Waals surface area contributed by atoms with E-state index in [0.717, 1.165) is 18.4 Å². The molecule has 2 fully saturated rings. The molecule has 1 heterocycles. The summed E-state index contributed by atoms with van der Waals surface area (Å²) in [5.74, 6) is 1.60. The fraction of sp³-hybridized carbons (Fsp3) is 0.889. The van der Waals surface area contributed by atoms with Crippen molar-refractivity contribution in [3.8, 4) is 0 Å². The SMILES string of the molecule is C=CNCC1CCC(OC2CCN(CC(C)C)CC2)CC1. The van der Waals surface area contributed by atoms with Crippen LogP contribution in [-0.4, -0.2) is 43.3 Å². The Labute approximate surface area is 131 Å². The third kappa shape index (κ3) is 5.99. The van der Waals surface area contributed by atoms with Gasteiger partial charge in [-0.3, -0.25) is 0 Å². The maximum Gasteiger partial charge on any atom is 0.0603 e. The van der Waals surface area contributed by atoms with Crippen LogP contribution in [0.1, 0.15) is 52.4 Å². The van der Waals surface area contributed by atoms with Gasteiger partial charge in [0, 0.05) is 26.2 Å². The normalized spacial score (nSPS) is 28.7. The van der Waals surface area contributed by atoms with Crippen molar-refractivity contribution >= 4 is 0 Å². The summed E-state index contributed by atoms with van der Waals surface area (Å²) < 4.78 is 6.37. The highest BCUT2D eigenvalue weighted by Crippen LogP contribution is 2.28. The van der Waals surface area contributed by atoms with E-state index in [-0.39, 0.29) is 0 Å². The van der Waals surface area contributed by atoms with E-state index in [0.29, 0.717) is 12.2 Å². The van der Waals surface area contributed by atoms with Crippen molar-refractivity contribution in [2.24, 2.45) is 11.8 Å². The van der Waals surface area contributed by atoms with Crippen molar-refractivity contribution in [2.75, 3.05) is 26.2 Å². The lowest BCUT2D eigenvalue weighted by molar-refractivity contribution is -0.0613. The largest absolute Gasteiger partial charge is 0.391 e. The molecule has 0 radical (unpaired) electrons. The smallest absolute Gasteiger partial charge is 0.0603 e. The summed E-state index contributed by atoms with van der Waals surface area (Å²) in [4.78, 5) is 2.60. The number of hydrogen-bond donors (Lipinski definition) is 1. The number of ether oxygens (including phenoxy) is 1. The van der Waals surface area contributed by atoms with Gasteiger partial charge in [-0.2, -0.15) is 0 Å². The van der Waals surface area contributed by atoms with Crippen molar-refractivity contribution in [3.05, 3.63) is 12.8 Å². The highest BCUT2D eigenvalue weighted by molar-refractivity contribution is 4.79. The Morgan fingerprint density at radius 3 is 2.29 bits per heavy atom. The molecule has 3 heteroatoms. The molecule has 1 aliphatic heterocycles. The molecular weight excluding hydrogens is 260 g/mol. The van der Waals surface area contributed by atoms with Crippen LogP contribution in [-0.2, 0) is 4.74 Å². The van der Waals surface area contributed by atoms with E-state index in [9.17, 15) is 0 Å². The molecule has 122 valence electrons. The van der Waals surface area contributed by atoms with E-state index in [4.69, 9.17) is 4.74 Å². The Balaban J connectivity index is 1.60. The lowest BCUT2D eigenvalue weighted by atomic mass is 9.87. The van der Waals surface area contributed by atoms with Gasteiger partial charge in [0.15, 0.2) is 0 Å². The average molecular weight is 294 g/mol. The second kappa shape index (κ2) is 8.79. The zero-order valence-electron chi connectivity index (χ0n) is 14.0. The van der Waals surface area contributed by atoms with Gasteiger partial charge in [0.25, 0.3) is 0 Å². The van der Waals surface area contributed by atoms with E-state index >= 15 is 0 Å². The molecule has 21 heavy (non-hydrogen) atoms. The fourth-order valence-corrected chi connectivity index (χ4v) is 3.74. The summed E-state index contributed by atoms with van der Waals surface area (Å²) >= 11 is 0. The van der Waals surface area contributed by atoms with E-state index in [1.165, 1.54) is 58.2 Å². The van der Waals surface area contributed by atoms with Crippen LogP contribution in [0.15, 0.2) is 12.8 Å². The summed E-state index contributed by atoms with van der Waals surface area (Å²) in [6.45, 7) is 13.1. The standard InChI is InChI=1S/C18H34N2O/c1-4-19-13-16-5-7-17(8-6-16)21-18-9-11-20(12-10-18)14-15(2)3/h4,15-19H,1,5-14H2,2-3H3. The Morgan fingerprint density at radius 2 is 1.71 bits per heavy atom. The molecule has 2 rings (SSSR count). The van der Waals surface area contributed by atoms with Crippen molar-refractivity contribution in [1.82, 2.24) is 10.2 Å². The van der Waals surface area contributed by atoms with Crippen LogP contribution >= 0.6 is 0 Å². The molecular formula is C18H34N2O. The van der Waals surface area contributed by atoms with E-state index < -0.39 is 0 Å². The van der Waals surface area contributed by atoms with Gasteiger partial charge >= 0.3 is 0 Å². The third-order valence-electron chi connectivity index (χ3n) is 4.89. The summed E-state index contributed by atoms with van der Waals surface area (Å²) in [6.07, 6.45) is 10.4. The molecule has 0 bridgehead atoms. The highest BCUT2D eigenvalue weighted by atomic mass is 16.5. The molecule has 3 nitrogen and oxygen atoms in total. The van der Waals surface area contributed by atoms with E-state index in [1.54, 1.807) is 0 Å². The number of rotatable bonds is 7. The maximum absolute atomic E-state index is 6.37. The molecule has 2 aliphatic rings. The zero-order chi connectivity index (χ0) is 15.1. The molecule has 0 spiro atoms. The number of hydrogen-bond acceptors (Lipinski definition) is 3. The van der Waals surface area contributed by atoms with Crippen molar-refractivity contribution in [2.45, 2.75) is 64.6 Å². The van der Waals surface area contributed by atoms with Crippen LogP contribution in [0, 0.1) is 11.8 Å². The highest BCUT2D eigenvalue weighted by Gasteiger charge is 2.26. The molecule has 1 aliphatic carbocycles. The van der Waals surface area contributed by atoms with Gasteiger partial charge in [-0.15, -0.1) is 0 Å². The first-order chi connectivity index (χ1) is 10.2. The second-order valence-corrected chi connectivity index (χ2v) is 7.29. The molecule has 1 saturated carbocycles. The van der Waals surface area contributed by atoms with Crippen LogP contribution in [0.25, 0.3) is 0 Å². The number of piperidine rings is 1. The lowest BCUT2D eigenvalue weighted by Crippen LogP contribution is -2.40. The molecule has 0 amide bonds. The predicted molar refractivity (Wildman–Crippen MR) is 89.3 cm³/mol. The average Bonchev–Trinajstić information content (AvgIpc) is 2.48. The van der Waals surface area contributed by atoms with Crippen molar-refractivity contribution in [1.29, 1.82) is 0 Å². The van der Waals surface area contributed by atoms with Crippen LogP contribution in [0.4, 0.5) is 0 Å². The van der Waals surface area contributed by atoms with Gasteiger partial charge in [-0.05, 0) is 56.6 Å². The molecule has 0 unspecified atom stereocenters. The van der Waals surface area contributed by atoms with Gasteiger partial charge in [0.05, 0.1) is 12.2 Å². The third-order valence-corrected chi connectivity index (χ3v) is 4.89. The molecule has 0 aromatic carbocycles. The number of likely N-dealkylation sites (tertiary alicyclic amines) is 1. The first-order valence-corrected chi connectivity index (χ1v) is 8.89. The van der Waals surface area contributed by atoms with E-state index in [2.05, 4.69) is 30.6 Å².